The van der Waals surface area contributed by atoms with Crippen LogP contribution in [0.4, 0.5) is 5.69 Å². The molecule has 0 spiro atoms. The summed E-state index contributed by atoms with van der Waals surface area (Å²) in [5.41, 5.74) is 0.706. The van der Waals surface area contributed by atoms with Crippen LogP contribution in [-0.2, 0) is 4.79 Å². The number of carbonyl (C=O) groups is 2. The lowest BCUT2D eigenvalue weighted by Crippen LogP contribution is -2.22. The van der Waals surface area contributed by atoms with Gasteiger partial charge in [0.1, 0.15) is 23.2 Å². The minimum atomic E-state index is -1.32. The van der Waals surface area contributed by atoms with Crippen LogP contribution in [0.15, 0.2) is 75.1 Å². The van der Waals surface area contributed by atoms with E-state index in [1.54, 1.807) is 48.5 Å². The lowest BCUT2D eigenvalue weighted by Gasteiger charge is -2.07. The van der Waals surface area contributed by atoms with Gasteiger partial charge in [-0.2, -0.15) is 5.26 Å². The highest BCUT2D eigenvalue weighted by Crippen LogP contribution is 2.26. The van der Waals surface area contributed by atoms with Gasteiger partial charge in [0.2, 0.25) is 0 Å². The van der Waals surface area contributed by atoms with Crippen molar-refractivity contribution >= 4 is 39.6 Å². The summed E-state index contributed by atoms with van der Waals surface area (Å²) in [6, 6.07) is 18.2. The van der Waals surface area contributed by atoms with Crippen LogP contribution in [-0.4, -0.2) is 11.9 Å². The quantitative estimate of drug-likeness (QED) is 0.486. The maximum absolute atomic E-state index is 12.3. The summed E-state index contributed by atoms with van der Waals surface area (Å²) in [6.07, 6.45) is 1.29. The van der Waals surface area contributed by atoms with E-state index in [4.69, 9.17) is 4.42 Å². The first-order valence-electron chi connectivity index (χ1n) is 8.07. The molecule has 28 heavy (non-hydrogen) atoms. The third kappa shape index (κ3) is 4.37. The van der Waals surface area contributed by atoms with Crippen LogP contribution in [0.1, 0.15) is 16.1 Å². The third-order valence-corrected chi connectivity index (χ3v) is 4.27. The Morgan fingerprint density at radius 2 is 1.89 bits per heavy atom. The number of nitrogens with zero attached hydrogens (tertiary/aromatic N) is 1. The van der Waals surface area contributed by atoms with Crippen molar-refractivity contribution in [1.29, 1.82) is 5.26 Å². The van der Waals surface area contributed by atoms with E-state index in [1.807, 2.05) is 12.1 Å². The molecule has 7 heteroatoms. The number of hydrogen-bond donors (Lipinski definition) is 1. The molecule has 0 saturated heterocycles. The Balaban J connectivity index is 1.86. The maximum atomic E-state index is 12.3. The molecule has 0 aliphatic carbocycles. The van der Waals surface area contributed by atoms with E-state index in [2.05, 4.69) is 21.2 Å². The number of carboxylic acid groups (broad SMARTS) is 1. The molecule has 138 valence electrons. The summed E-state index contributed by atoms with van der Waals surface area (Å²) in [5, 5.41) is 23.2. The van der Waals surface area contributed by atoms with Crippen molar-refractivity contribution in [3.05, 3.63) is 82.0 Å². The highest BCUT2D eigenvalue weighted by Gasteiger charge is 2.13. The minimum Gasteiger partial charge on any atom is -0.545 e. The van der Waals surface area contributed by atoms with E-state index in [0.717, 1.165) is 4.47 Å². The zero-order valence-electron chi connectivity index (χ0n) is 14.3. The number of nitrogens with one attached hydrogen (secondary N) is 1. The maximum Gasteiger partial charge on any atom is 0.266 e. The fraction of sp³-hybridized carbons (Fsp3) is 0. The fourth-order valence-electron chi connectivity index (χ4n) is 2.51. The average Bonchev–Trinajstić information content (AvgIpc) is 3.14. The normalized spacial score (nSPS) is 10.9. The van der Waals surface area contributed by atoms with Crippen molar-refractivity contribution in [2.75, 3.05) is 5.32 Å². The van der Waals surface area contributed by atoms with Gasteiger partial charge >= 0.3 is 0 Å². The van der Waals surface area contributed by atoms with Crippen LogP contribution < -0.4 is 10.4 Å². The second kappa shape index (κ2) is 8.37. The first-order valence-corrected chi connectivity index (χ1v) is 8.86. The lowest BCUT2D eigenvalue weighted by atomic mass is 10.1. The third-order valence-electron chi connectivity index (χ3n) is 3.77. The van der Waals surface area contributed by atoms with Crippen molar-refractivity contribution in [3.8, 4) is 17.4 Å². The summed E-state index contributed by atoms with van der Waals surface area (Å²) >= 11 is 3.31. The molecule has 0 aliphatic rings. The van der Waals surface area contributed by atoms with Crippen molar-refractivity contribution in [1.82, 2.24) is 0 Å². The van der Waals surface area contributed by atoms with Gasteiger partial charge in [0, 0.05) is 27.4 Å². The number of benzene rings is 2. The van der Waals surface area contributed by atoms with Gasteiger partial charge in [-0.1, -0.05) is 46.3 Å². The molecular formula is C21H12BrN2O4-. The predicted molar refractivity (Wildman–Crippen MR) is 105 cm³/mol. The van der Waals surface area contributed by atoms with Gasteiger partial charge in [-0.05, 0) is 30.3 Å². The molecule has 0 atom stereocenters. The van der Waals surface area contributed by atoms with Crippen LogP contribution in [0, 0.1) is 11.3 Å². The molecule has 1 amide bonds. The Morgan fingerprint density at radius 3 is 2.61 bits per heavy atom. The molecular weight excluding hydrogens is 424 g/mol. The summed E-state index contributed by atoms with van der Waals surface area (Å²) < 4.78 is 6.39. The zero-order chi connectivity index (χ0) is 20.1. The highest BCUT2D eigenvalue weighted by molar-refractivity contribution is 9.10. The molecule has 0 fully saturated rings. The van der Waals surface area contributed by atoms with Gasteiger partial charge in [-0.25, -0.2) is 0 Å². The lowest BCUT2D eigenvalue weighted by molar-refractivity contribution is -0.254. The molecule has 0 unspecified atom stereocenters. The largest absolute Gasteiger partial charge is 0.545 e. The van der Waals surface area contributed by atoms with Crippen LogP contribution in [0.5, 0.6) is 0 Å². The van der Waals surface area contributed by atoms with E-state index in [0.29, 0.717) is 11.3 Å². The zero-order valence-corrected chi connectivity index (χ0v) is 15.9. The topological polar surface area (TPSA) is 106 Å². The average molecular weight is 436 g/mol. The first-order chi connectivity index (χ1) is 13.5. The van der Waals surface area contributed by atoms with Crippen molar-refractivity contribution in [2.45, 2.75) is 0 Å². The van der Waals surface area contributed by atoms with E-state index in [-0.39, 0.29) is 22.7 Å². The Morgan fingerprint density at radius 1 is 1.11 bits per heavy atom. The molecule has 1 heterocycles. The van der Waals surface area contributed by atoms with Gasteiger partial charge < -0.3 is 19.6 Å². The minimum absolute atomic E-state index is 0.0136. The number of aromatic carboxylic acids is 1. The van der Waals surface area contributed by atoms with Gasteiger partial charge in [0.15, 0.2) is 0 Å². The summed E-state index contributed by atoms with van der Waals surface area (Å²) in [7, 11) is 0. The number of hydrogen-bond acceptors (Lipinski definition) is 5. The van der Waals surface area contributed by atoms with Crippen LogP contribution in [0.25, 0.3) is 17.4 Å². The Hall–Kier alpha value is -3.63. The molecule has 2 aromatic carbocycles. The number of nitriles is 1. The molecule has 1 aromatic heterocycles. The SMILES string of the molecule is N#C/C(=C/c1ccc(-c2ccccc2C(=O)[O-])o1)C(=O)Nc1cccc(Br)c1. The first kappa shape index (κ1) is 19.1. The number of anilines is 1. The number of halogens is 1. The second-order valence-corrected chi connectivity index (χ2v) is 6.59. The van der Waals surface area contributed by atoms with Crippen molar-refractivity contribution < 1.29 is 19.1 Å². The molecule has 6 nitrogen and oxygen atoms in total. The van der Waals surface area contributed by atoms with Crippen LogP contribution in [0.3, 0.4) is 0 Å². The molecule has 0 saturated carbocycles. The monoisotopic (exact) mass is 435 g/mol. The van der Waals surface area contributed by atoms with E-state index < -0.39 is 11.9 Å². The number of amides is 1. The fourth-order valence-corrected chi connectivity index (χ4v) is 2.91. The summed E-state index contributed by atoms with van der Waals surface area (Å²) in [5.74, 6) is -1.39. The molecule has 0 radical (unpaired) electrons. The van der Waals surface area contributed by atoms with Gasteiger partial charge in [-0.3, -0.25) is 4.79 Å². The Labute approximate surface area is 168 Å². The summed E-state index contributed by atoms with van der Waals surface area (Å²) in [6.45, 7) is 0. The number of rotatable bonds is 5. The summed E-state index contributed by atoms with van der Waals surface area (Å²) in [4.78, 5) is 23.6. The van der Waals surface area contributed by atoms with Crippen molar-refractivity contribution in [3.63, 3.8) is 0 Å². The van der Waals surface area contributed by atoms with Crippen LogP contribution >= 0.6 is 15.9 Å². The van der Waals surface area contributed by atoms with Gasteiger partial charge in [0.05, 0.1) is 5.97 Å². The van der Waals surface area contributed by atoms with E-state index in [1.165, 1.54) is 12.1 Å². The second-order valence-electron chi connectivity index (χ2n) is 5.67. The Bertz CT molecular complexity index is 1130. The van der Waals surface area contributed by atoms with Crippen molar-refractivity contribution in [2.24, 2.45) is 0 Å². The molecule has 0 aliphatic heterocycles. The predicted octanol–water partition coefficient (Wildman–Crippen LogP) is 3.62. The number of furan rings is 1. The van der Waals surface area contributed by atoms with Gasteiger partial charge in [0.25, 0.3) is 5.91 Å². The smallest absolute Gasteiger partial charge is 0.266 e. The molecule has 1 N–H and O–H groups in total. The molecule has 0 bridgehead atoms. The molecule has 3 rings (SSSR count). The number of carboxylic acids is 1. The van der Waals surface area contributed by atoms with E-state index >= 15 is 0 Å². The van der Waals surface area contributed by atoms with Crippen LogP contribution in [0.2, 0.25) is 0 Å². The standard InChI is InChI=1S/C21H13BrN2O4/c22-14-4-3-5-15(11-14)24-20(25)13(12-23)10-16-8-9-19(28-16)17-6-1-2-7-18(17)21(26)27/h1-11H,(H,24,25)(H,26,27)/p-1/b13-10-. The Kier molecular flexibility index (Phi) is 5.72. The van der Waals surface area contributed by atoms with E-state index in [9.17, 15) is 20.0 Å². The number of carbonyl (C=O) groups excluding carboxylic acids is 2. The highest BCUT2D eigenvalue weighted by atomic mass is 79.9. The molecule has 3 aromatic rings. The van der Waals surface area contributed by atoms with Gasteiger partial charge in [-0.15, -0.1) is 0 Å².